The number of rotatable bonds is 6. The fraction of sp³-hybridized carbons (Fsp3) is 0.786. The molecule has 0 spiro atoms. The van der Waals surface area contributed by atoms with Gasteiger partial charge in [-0.05, 0) is 23.2 Å². The smallest absolute Gasteiger partial charge is 0.245 e. The third kappa shape index (κ3) is 2.68. The largest absolute Gasteiger partial charge is 0.381 e. The molecule has 0 saturated heterocycles. The van der Waals surface area contributed by atoms with Crippen molar-refractivity contribution in [1.82, 2.24) is 14.5 Å². The van der Waals surface area contributed by atoms with Crippen molar-refractivity contribution in [1.29, 1.82) is 0 Å². The van der Waals surface area contributed by atoms with Crippen molar-refractivity contribution in [2.24, 2.45) is 16.7 Å². The quantitative estimate of drug-likeness (QED) is 0.838. The number of aromatic nitrogens is 2. The summed E-state index contributed by atoms with van der Waals surface area (Å²) in [6.45, 7) is 11.8. The van der Waals surface area contributed by atoms with E-state index in [0.717, 1.165) is 6.42 Å². The van der Waals surface area contributed by atoms with E-state index in [1.165, 1.54) is 6.20 Å². The van der Waals surface area contributed by atoms with Crippen molar-refractivity contribution in [3.63, 3.8) is 0 Å². The Morgan fingerprint density at radius 1 is 1.33 bits per heavy atom. The molecule has 1 aromatic rings. The zero-order valence-corrected chi connectivity index (χ0v) is 14.3. The fourth-order valence-corrected chi connectivity index (χ4v) is 4.20. The Morgan fingerprint density at radius 2 is 1.90 bits per heavy atom. The van der Waals surface area contributed by atoms with Crippen LogP contribution in [0.25, 0.3) is 0 Å². The molecule has 1 aliphatic rings. The summed E-state index contributed by atoms with van der Waals surface area (Å²) in [5, 5.41) is 4.04. The first-order valence-electron chi connectivity index (χ1n) is 7.36. The number of anilines is 1. The maximum Gasteiger partial charge on any atom is 0.245 e. The number of nitrogens with zero attached hydrogens (tertiary/aromatic N) is 2. The molecule has 3 N–H and O–H groups in total. The zero-order valence-electron chi connectivity index (χ0n) is 13.5. The molecule has 1 aromatic heterocycles. The highest BCUT2D eigenvalue weighted by Crippen LogP contribution is 2.67. The van der Waals surface area contributed by atoms with Gasteiger partial charge in [0.25, 0.3) is 0 Å². The number of sulfonamides is 1. The van der Waals surface area contributed by atoms with Crippen LogP contribution in [0.15, 0.2) is 11.1 Å². The summed E-state index contributed by atoms with van der Waals surface area (Å²) in [7, 11) is -3.60. The summed E-state index contributed by atoms with van der Waals surface area (Å²) < 4.78 is 29.0. The van der Waals surface area contributed by atoms with Crippen LogP contribution < -0.4 is 10.5 Å². The van der Waals surface area contributed by atoms with E-state index < -0.39 is 10.0 Å². The van der Waals surface area contributed by atoms with Gasteiger partial charge in [-0.1, -0.05) is 34.6 Å². The summed E-state index contributed by atoms with van der Waals surface area (Å²) in [5.41, 5.74) is 6.03. The second-order valence-corrected chi connectivity index (χ2v) is 8.72. The lowest BCUT2D eigenvalue weighted by Crippen LogP contribution is -2.27. The van der Waals surface area contributed by atoms with Crippen LogP contribution in [0.2, 0.25) is 0 Å². The Kier molecular flexibility index (Phi) is 3.87. The molecule has 6 nitrogen and oxygen atoms in total. The molecule has 7 heteroatoms. The van der Waals surface area contributed by atoms with Crippen LogP contribution in [0.4, 0.5) is 5.82 Å². The molecule has 1 saturated carbocycles. The number of nitrogens with two attached hydrogens (primary N) is 1. The van der Waals surface area contributed by atoms with E-state index in [2.05, 4.69) is 37.5 Å². The maximum atomic E-state index is 12.4. The first-order chi connectivity index (χ1) is 9.54. The van der Waals surface area contributed by atoms with Gasteiger partial charge in [-0.15, -0.1) is 0 Å². The van der Waals surface area contributed by atoms with Crippen molar-refractivity contribution in [3.05, 3.63) is 6.20 Å². The highest BCUT2D eigenvalue weighted by atomic mass is 32.2. The van der Waals surface area contributed by atoms with Gasteiger partial charge in [-0.25, -0.2) is 13.1 Å². The monoisotopic (exact) mass is 314 g/mol. The summed E-state index contributed by atoms with van der Waals surface area (Å²) in [5.74, 6) is 0.386. The molecule has 120 valence electrons. The number of hydrogen-bond acceptors (Lipinski definition) is 4. The van der Waals surface area contributed by atoms with Crippen LogP contribution in [0.5, 0.6) is 0 Å². The fourth-order valence-electron chi connectivity index (χ4n) is 3.08. The standard InChI is InChI=1S/C14H26N4O2S/c1-6-7-18-9-10(12(15)17-18)21(19,20)16-8-11-13(2,3)14(11,4)5/h9,11,16H,6-8H2,1-5H3,(H2,15,17). The van der Waals surface area contributed by atoms with E-state index in [4.69, 9.17) is 5.73 Å². The van der Waals surface area contributed by atoms with E-state index in [9.17, 15) is 8.42 Å². The van der Waals surface area contributed by atoms with Crippen LogP contribution in [-0.4, -0.2) is 24.7 Å². The normalized spacial score (nSPS) is 20.6. The Balaban J connectivity index is 2.10. The van der Waals surface area contributed by atoms with Gasteiger partial charge in [0.05, 0.1) is 0 Å². The lowest BCUT2D eigenvalue weighted by molar-refractivity contribution is 0.457. The van der Waals surface area contributed by atoms with Gasteiger partial charge in [0, 0.05) is 19.3 Å². The van der Waals surface area contributed by atoms with Gasteiger partial charge in [0.1, 0.15) is 4.90 Å². The zero-order chi connectivity index (χ0) is 16.1. The van der Waals surface area contributed by atoms with Crippen LogP contribution in [-0.2, 0) is 16.6 Å². The molecule has 1 fully saturated rings. The third-order valence-electron chi connectivity index (χ3n) is 5.29. The first kappa shape index (κ1) is 16.3. The second-order valence-electron chi connectivity index (χ2n) is 6.99. The minimum absolute atomic E-state index is 0.0604. The van der Waals surface area contributed by atoms with Crippen molar-refractivity contribution < 1.29 is 8.42 Å². The average molecular weight is 314 g/mol. The Morgan fingerprint density at radius 3 is 2.38 bits per heavy atom. The number of aryl methyl sites for hydroxylation is 1. The highest BCUT2D eigenvalue weighted by molar-refractivity contribution is 7.89. The van der Waals surface area contributed by atoms with Crippen LogP contribution in [0, 0.1) is 16.7 Å². The van der Waals surface area contributed by atoms with Crippen molar-refractivity contribution in [2.45, 2.75) is 52.5 Å². The van der Waals surface area contributed by atoms with Gasteiger partial charge in [-0.2, -0.15) is 5.10 Å². The van der Waals surface area contributed by atoms with Gasteiger partial charge >= 0.3 is 0 Å². The minimum atomic E-state index is -3.60. The molecule has 0 radical (unpaired) electrons. The number of nitrogen functional groups attached to an aromatic ring is 1. The van der Waals surface area contributed by atoms with Crippen LogP contribution in [0.1, 0.15) is 41.0 Å². The lowest BCUT2D eigenvalue weighted by atomic mass is 10.0. The maximum absolute atomic E-state index is 12.4. The molecule has 1 aliphatic carbocycles. The number of hydrogen-bond donors (Lipinski definition) is 2. The molecule has 21 heavy (non-hydrogen) atoms. The van der Waals surface area contributed by atoms with Crippen molar-refractivity contribution >= 4 is 15.8 Å². The van der Waals surface area contributed by atoms with Gasteiger partial charge < -0.3 is 5.73 Å². The predicted molar refractivity (Wildman–Crippen MR) is 83.2 cm³/mol. The third-order valence-corrected chi connectivity index (χ3v) is 6.73. The summed E-state index contributed by atoms with van der Waals surface area (Å²) in [6, 6.07) is 0. The summed E-state index contributed by atoms with van der Waals surface area (Å²) in [6.07, 6.45) is 2.38. The van der Waals surface area contributed by atoms with E-state index in [-0.39, 0.29) is 21.5 Å². The molecule has 0 bridgehead atoms. The van der Waals surface area contributed by atoms with E-state index in [0.29, 0.717) is 19.0 Å². The Labute approximate surface area is 127 Å². The van der Waals surface area contributed by atoms with E-state index in [1.807, 2.05) is 6.92 Å². The van der Waals surface area contributed by atoms with E-state index >= 15 is 0 Å². The lowest BCUT2D eigenvalue weighted by Gasteiger charge is -2.06. The van der Waals surface area contributed by atoms with Gasteiger partial charge in [0.15, 0.2) is 5.82 Å². The average Bonchev–Trinajstić information content (AvgIpc) is 2.62. The molecule has 1 heterocycles. The molecular formula is C14H26N4O2S. The molecule has 2 rings (SSSR count). The Hall–Kier alpha value is -1.08. The highest BCUT2D eigenvalue weighted by Gasteiger charge is 2.64. The Bertz CT molecular complexity index is 617. The topological polar surface area (TPSA) is 90.0 Å². The second kappa shape index (κ2) is 4.98. The number of nitrogens with one attached hydrogen (secondary N) is 1. The molecule has 0 amide bonds. The van der Waals surface area contributed by atoms with Crippen molar-refractivity contribution in [3.8, 4) is 0 Å². The molecule has 0 atom stereocenters. The van der Waals surface area contributed by atoms with E-state index in [1.54, 1.807) is 4.68 Å². The van der Waals surface area contributed by atoms with Crippen molar-refractivity contribution in [2.75, 3.05) is 12.3 Å². The predicted octanol–water partition coefficient (Wildman–Crippen LogP) is 1.84. The minimum Gasteiger partial charge on any atom is -0.381 e. The van der Waals surface area contributed by atoms with Gasteiger partial charge in [0.2, 0.25) is 10.0 Å². The molecule has 0 unspecified atom stereocenters. The first-order valence-corrected chi connectivity index (χ1v) is 8.85. The molecule has 0 aliphatic heterocycles. The van der Waals surface area contributed by atoms with Gasteiger partial charge in [-0.3, -0.25) is 4.68 Å². The molecular weight excluding hydrogens is 288 g/mol. The summed E-state index contributed by atoms with van der Waals surface area (Å²) in [4.78, 5) is 0.0761. The van der Waals surface area contributed by atoms with Crippen LogP contribution >= 0.6 is 0 Å². The molecule has 0 aromatic carbocycles. The summed E-state index contributed by atoms with van der Waals surface area (Å²) >= 11 is 0. The van der Waals surface area contributed by atoms with Crippen LogP contribution in [0.3, 0.4) is 0 Å². The SMILES string of the molecule is CCCn1cc(S(=O)(=O)NCC2C(C)(C)C2(C)C)c(N)n1.